The smallest absolute Gasteiger partial charge is 0.320 e. The molecule has 2 N–H and O–H groups in total. The third-order valence-electron chi connectivity index (χ3n) is 5.26. The van der Waals surface area contributed by atoms with Crippen molar-refractivity contribution < 1.29 is 9.90 Å². The molecule has 0 aromatic heterocycles. The molecule has 3 aliphatic rings. The van der Waals surface area contributed by atoms with Crippen LogP contribution in [0.25, 0.3) is 0 Å². The molecular weight excluding hydrogens is 202 g/mol. The minimum atomic E-state index is -0.717. The predicted molar refractivity (Wildman–Crippen MR) is 61.1 cm³/mol. The Balaban J connectivity index is 1.66. The number of aliphatic carboxylic acids is 1. The molecule has 3 aliphatic carbocycles. The molecule has 16 heavy (non-hydrogen) atoms. The van der Waals surface area contributed by atoms with Gasteiger partial charge < -0.3 is 10.4 Å². The summed E-state index contributed by atoms with van der Waals surface area (Å²) >= 11 is 0. The minimum Gasteiger partial charge on any atom is -0.480 e. The zero-order valence-electron chi connectivity index (χ0n) is 9.86. The molecule has 6 atom stereocenters. The van der Waals surface area contributed by atoms with Gasteiger partial charge in [0.15, 0.2) is 0 Å². The first-order valence-corrected chi connectivity index (χ1v) is 6.65. The molecule has 0 spiro atoms. The Kier molecular flexibility index (Phi) is 2.46. The van der Waals surface area contributed by atoms with E-state index in [0.29, 0.717) is 6.04 Å². The molecule has 6 unspecified atom stereocenters. The molecule has 0 aliphatic heterocycles. The Labute approximate surface area is 96.6 Å². The van der Waals surface area contributed by atoms with Crippen molar-refractivity contribution in [2.45, 2.75) is 51.1 Å². The van der Waals surface area contributed by atoms with Gasteiger partial charge in [0.25, 0.3) is 0 Å². The van der Waals surface area contributed by atoms with Crippen molar-refractivity contribution in [3.8, 4) is 0 Å². The zero-order valence-corrected chi connectivity index (χ0v) is 9.86. The number of carboxylic acid groups (broad SMARTS) is 1. The fourth-order valence-electron chi connectivity index (χ4n) is 4.65. The largest absolute Gasteiger partial charge is 0.480 e. The lowest BCUT2D eigenvalue weighted by Crippen LogP contribution is -2.46. The second-order valence-electron chi connectivity index (χ2n) is 5.99. The number of rotatable bonds is 3. The summed E-state index contributed by atoms with van der Waals surface area (Å²) in [7, 11) is 0. The van der Waals surface area contributed by atoms with E-state index in [4.69, 9.17) is 5.11 Å². The maximum absolute atomic E-state index is 10.9. The minimum absolute atomic E-state index is 0.385. The highest BCUT2D eigenvalue weighted by Crippen LogP contribution is 2.58. The Morgan fingerprint density at radius 1 is 1.25 bits per heavy atom. The van der Waals surface area contributed by atoms with Gasteiger partial charge in [-0.3, -0.25) is 4.79 Å². The van der Waals surface area contributed by atoms with Crippen molar-refractivity contribution in [3.05, 3.63) is 0 Å². The van der Waals surface area contributed by atoms with Gasteiger partial charge in [0.2, 0.25) is 0 Å². The fraction of sp³-hybridized carbons (Fsp3) is 0.923. The number of nitrogens with one attached hydrogen (secondary N) is 1. The maximum atomic E-state index is 10.9. The summed E-state index contributed by atoms with van der Waals surface area (Å²) in [6, 6.07) is 0.0969. The van der Waals surface area contributed by atoms with Crippen LogP contribution in [0.2, 0.25) is 0 Å². The third-order valence-corrected chi connectivity index (χ3v) is 5.26. The average molecular weight is 223 g/mol. The lowest BCUT2D eigenvalue weighted by molar-refractivity contribution is -0.139. The Bertz CT molecular complexity index is 304. The SMILES string of the molecule is CC(NC1CC2CC1C1CCCC21)C(=O)O. The quantitative estimate of drug-likeness (QED) is 0.768. The Morgan fingerprint density at radius 3 is 2.75 bits per heavy atom. The summed E-state index contributed by atoms with van der Waals surface area (Å²) < 4.78 is 0. The van der Waals surface area contributed by atoms with E-state index in [-0.39, 0.29) is 6.04 Å². The van der Waals surface area contributed by atoms with Crippen LogP contribution in [0.1, 0.15) is 39.0 Å². The lowest BCUT2D eigenvalue weighted by atomic mass is 9.79. The molecule has 0 heterocycles. The maximum Gasteiger partial charge on any atom is 0.320 e. The van der Waals surface area contributed by atoms with Gasteiger partial charge in [-0.25, -0.2) is 0 Å². The van der Waals surface area contributed by atoms with Crippen LogP contribution in [0.3, 0.4) is 0 Å². The number of fused-ring (bicyclic) bond motifs is 5. The molecule has 0 amide bonds. The van der Waals surface area contributed by atoms with Crippen molar-refractivity contribution in [1.29, 1.82) is 0 Å². The fourth-order valence-corrected chi connectivity index (χ4v) is 4.65. The predicted octanol–water partition coefficient (Wildman–Crippen LogP) is 1.87. The van der Waals surface area contributed by atoms with E-state index in [1.807, 2.05) is 0 Å². The van der Waals surface area contributed by atoms with E-state index < -0.39 is 5.97 Å². The molecule has 0 aromatic carbocycles. The van der Waals surface area contributed by atoms with Gasteiger partial charge in [0, 0.05) is 6.04 Å². The van der Waals surface area contributed by atoms with Crippen molar-refractivity contribution in [2.75, 3.05) is 0 Å². The molecule has 3 nitrogen and oxygen atoms in total. The van der Waals surface area contributed by atoms with Gasteiger partial charge in [-0.05, 0) is 56.3 Å². The number of carbonyl (C=O) groups is 1. The highest BCUT2D eigenvalue weighted by Gasteiger charge is 2.53. The van der Waals surface area contributed by atoms with Gasteiger partial charge in [0.1, 0.15) is 6.04 Å². The van der Waals surface area contributed by atoms with Crippen LogP contribution in [0, 0.1) is 23.7 Å². The van der Waals surface area contributed by atoms with Crippen LogP contribution < -0.4 is 5.32 Å². The monoisotopic (exact) mass is 223 g/mol. The highest BCUT2D eigenvalue weighted by molar-refractivity contribution is 5.72. The van der Waals surface area contributed by atoms with Crippen LogP contribution >= 0.6 is 0 Å². The van der Waals surface area contributed by atoms with E-state index in [9.17, 15) is 4.79 Å². The number of hydrogen-bond donors (Lipinski definition) is 2. The lowest BCUT2D eigenvalue weighted by Gasteiger charge is -2.33. The van der Waals surface area contributed by atoms with Crippen LogP contribution in [-0.4, -0.2) is 23.2 Å². The first-order valence-electron chi connectivity index (χ1n) is 6.65. The summed E-state index contributed by atoms with van der Waals surface area (Å²) in [6.07, 6.45) is 6.82. The van der Waals surface area contributed by atoms with E-state index >= 15 is 0 Å². The molecule has 3 heteroatoms. The van der Waals surface area contributed by atoms with E-state index in [1.165, 1.54) is 32.1 Å². The van der Waals surface area contributed by atoms with E-state index in [1.54, 1.807) is 6.92 Å². The topological polar surface area (TPSA) is 49.3 Å². The van der Waals surface area contributed by atoms with E-state index in [0.717, 1.165) is 23.7 Å². The normalized spacial score (nSPS) is 46.9. The molecule has 2 bridgehead atoms. The summed E-state index contributed by atoms with van der Waals surface area (Å²) in [6.45, 7) is 1.76. The summed E-state index contributed by atoms with van der Waals surface area (Å²) in [5.41, 5.74) is 0. The summed E-state index contributed by atoms with van der Waals surface area (Å²) in [5.74, 6) is 2.86. The molecule has 90 valence electrons. The first-order chi connectivity index (χ1) is 7.66. The zero-order chi connectivity index (χ0) is 11.3. The molecule has 0 radical (unpaired) electrons. The molecule has 3 fully saturated rings. The van der Waals surface area contributed by atoms with Gasteiger partial charge in [-0.2, -0.15) is 0 Å². The standard InChI is InChI=1S/C13H21NO2/c1-7(13(15)16)14-12-6-8-5-11(12)10-4-2-3-9(8)10/h7-12,14H,2-6H2,1H3,(H,15,16). The van der Waals surface area contributed by atoms with E-state index in [2.05, 4.69) is 5.32 Å². The van der Waals surface area contributed by atoms with Gasteiger partial charge in [-0.1, -0.05) is 6.42 Å². The van der Waals surface area contributed by atoms with Crippen LogP contribution in [0.4, 0.5) is 0 Å². The average Bonchev–Trinajstić information content (AvgIpc) is 2.87. The molecular formula is C13H21NO2. The van der Waals surface area contributed by atoms with Crippen LogP contribution in [0.15, 0.2) is 0 Å². The van der Waals surface area contributed by atoms with Crippen molar-refractivity contribution >= 4 is 5.97 Å². The Hall–Kier alpha value is -0.570. The number of hydrogen-bond acceptors (Lipinski definition) is 2. The first kappa shape index (κ1) is 10.6. The molecule has 0 saturated heterocycles. The second kappa shape index (κ2) is 3.73. The third kappa shape index (κ3) is 1.48. The van der Waals surface area contributed by atoms with Gasteiger partial charge >= 0.3 is 5.97 Å². The van der Waals surface area contributed by atoms with Crippen molar-refractivity contribution in [1.82, 2.24) is 5.32 Å². The van der Waals surface area contributed by atoms with Gasteiger partial charge in [-0.15, -0.1) is 0 Å². The van der Waals surface area contributed by atoms with Crippen LogP contribution in [-0.2, 0) is 4.79 Å². The summed E-state index contributed by atoms with van der Waals surface area (Å²) in [4.78, 5) is 10.9. The molecule has 3 rings (SSSR count). The van der Waals surface area contributed by atoms with Crippen LogP contribution in [0.5, 0.6) is 0 Å². The highest BCUT2D eigenvalue weighted by atomic mass is 16.4. The Morgan fingerprint density at radius 2 is 2.00 bits per heavy atom. The second-order valence-corrected chi connectivity index (χ2v) is 5.99. The summed E-state index contributed by atoms with van der Waals surface area (Å²) in [5, 5.41) is 12.3. The molecule has 0 aromatic rings. The number of carboxylic acids is 1. The molecule has 3 saturated carbocycles. The van der Waals surface area contributed by atoms with Crippen molar-refractivity contribution in [2.24, 2.45) is 23.7 Å². The van der Waals surface area contributed by atoms with Gasteiger partial charge in [0.05, 0.1) is 0 Å². The van der Waals surface area contributed by atoms with Crippen molar-refractivity contribution in [3.63, 3.8) is 0 Å².